The average molecular weight is 339 g/mol. The van der Waals surface area contributed by atoms with Crippen molar-refractivity contribution in [1.82, 2.24) is 20.1 Å². The minimum Gasteiger partial charge on any atom is -0.370 e. The van der Waals surface area contributed by atoms with Crippen LogP contribution in [0.1, 0.15) is 45.4 Å². The minimum atomic E-state index is -0.346. The molecule has 3 N–H and O–H groups in total. The number of thioether (sulfide) groups is 1. The Kier molecular flexibility index (Phi) is 6.44. The van der Waals surface area contributed by atoms with Crippen molar-refractivity contribution in [2.24, 2.45) is 11.7 Å². The van der Waals surface area contributed by atoms with Crippen LogP contribution >= 0.6 is 11.8 Å². The number of amides is 2. The van der Waals surface area contributed by atoms with Crippen molar-refractivity contribution >= 4 is 23.6 Å². The maximum Gasteiger partial charge on any atom is 0.233 e. The van der Waals surface area contributed by atoms with E-state index >= 15 is 0 Å². The fourth-order valence-electron chi connectivity index (χ4n) is 2.53. The normalized spacial score (nSPS) is 18.7. The summed E-state index contributed by atoms with van der Waals surface area (Å²) in [7, 11) is 0. The zero-order chi connectivity index (χ0) is 16.8. The monoisotopic (exact) mass is 339 g/mol. The van der Waals surface area contributed by atoms with Gasteiger partial charge in [0.25, 0.3) is 0 Å². The van der Waals surface area contributed by atoms with Crippen LogP contribution in [-0.2, 0) is 22.6 Å². The highest BCUT2D eigenvalue weighted by molar-refractivity contribution is 8.00. The van der Waals surface area contributed by atoms with Gasteiger partial charge < -0.3 is 15.6 Å². The molecular formula is C15H25N5O2S. The van der Waals surface area contributed by atoms with E-state index in [1.165, 1.54) is 11.8 Å². The van der Waals surface area contributed by atoms with Crippen LogP contribution < -0.4 is 11.1 Å². The molecule has 0 saturated carbocycles. The van der Waals surface area contributed by atoms with E-state index in [1.54, 1.807) is 0 Å². The SMILES string of the molecule is CC(C)Cn1c(CCC(N)=O)nnc1SC1CCCCNC1=O. The summed E-state index contributed by atoms with van der Waals surface area (Å²) in [6.45, 7) is 5.74. The molecule has 0 aliphatic carbocycles. The summed E-state index contributed by atoms with van der Waals surface area (Å²) in [6, 6.07) is 0. The third-order valence-electron chi connectivity index (χ3n) is 3.67. The summed E-state index contributed by atoms with van der Waals surface area (Å²) < 4.78 is 2.02. The third-order valence-corrected chi connectivity index (χ3v) is 4.92. The molecule has 0 spiro atoms. The lowest BCUT2D eigenvalue weighted by molar-refractivity contribution is -0.120. The molecule has 0 radical (unpaired) electrons. The smallest absolute Gasteiger partial charge is 0.233 e. The van der Waals surface area contributed by atoms with E-state index in [2.05, 4.69) is 29.4 Å². The summed E-state index contributed by atoms with van der Waals surface area (Å²) in [4.78, 5) is 23.1. The Morgan fingerprint density at radius 3 is 2.91 bits per heavy atom. The molecule has 1 aliphatic rings. The average Bonchev–Trinajstić information content (AvgIpc) is 2.71. The van der Waals surface area contributed by atoms with Gasteiger partial charge in [0.05, 0.1) is 5.25 Å². The Labute approximate surface area is 140 Å². The van der Waals surface area contributed by atoms with Gasteiger partial charge in [0.2, 0.25) is 11.8 Å². The van der Waals surface area contributed by atoms with Gasteiger partial charge in [-0.2, -0.15) is 0 Å². The van der Waals surface area contributed by atoms with E-state index in [-0.39, 0.29) is 23.5 Å². The first-order valence-corrected chi connectivity index (χ1v) is 9.00. The van der Waals surface area contributed by atoms with E-state index in [4.69, 9.17) is 5.73 Å². The zero-order valence-corrected chi connectivity index (χ0v) is 14.6. The molecule has 2 amide bonds. The predicted molar refractivity (Wildman–Crippen MR) is 88.9 cm³/mol. The van der Waals surface area contributed by atoms with Crippen LogP contribution in [0.3, 0.4) is 0 Å². The van der Waals surface area contributed by atoms with Gasteiger partial charge in [0, 0.05) is 25.9 Å². The molecule has 0 bridgehead atoms. The lowest BCUT2D eigenvalue weighted by atomic mass is 10.2. The minimum absolute atomic E-state index is 0.0743. The molecule has 2 heterocycles. The summed E-state index contributed by atoms with van der Waals surface area (Å²) in [5, 5.41) is 12.0. The Morgan fingerprint density at radius 2 is 2.22 bits per heavy atom. The largest absolute Gasteiger partial charge is 0.370 e. The van der Waals surface area contributed by atoms with Gasteiger partial charge in [-0.3, -0.25) is 9.59 Å². The van der Waals surface area contributed by atoms with Crippen LogP contribution in [0, 0.1) is 5.92 Å². The maximum absolute atomic E-state index is 12.1. The van der Waals surface area contributed by atoms with E-state index < -0.39 is 0 Å². The molecule has 8 heteroatoms. The van der Waals surface area contributed by atoms with Crippen LogP contribution in [0.25, 0.3) is 0 Å². The molecule has 0 aromatic carbocycles. The van der Waals surface area contributed by atoms with Gasteiger partial charge >= 0.3 is 0 Å². The molecular weight excluding hydrogens is 314 g/mol. The van der Waals surface area contributed by atoms with E-state index in [0.717, 1.165) is 43.3 Å². The molecule has 1 aromatic rings. The first-order valence-electron chi connectivity index (χ1n) is 8.12. The molecule has 1 fully saturated rings. The molecule has 23 heavy (non-hydrogen) atoms. The highest BCUT2D eigenvalue weighted by Crippen LogP contribution is 2.28. The fourth-order valence-corrected chi connectivity index (χ4v) is 3.65. The van der Waals surface area contributed by atoms with Crippen molar-refractivity contribution < 1.29 is 9.59 Å². The van der Waals surface area contributed by atoms with Gasteiger partial charge in [0.1, 0.15) is 5.82 Å². The number of carbonyl (C=O) groups is 2. The molecule has 2 rings (SSSR count). The Balaban J connectivity index is 2.15. The van der Waals surface area contributed by atoms with Crippen molar-refractivity contribution in [3.05, 3.63) is 5.82 Å². The van der Waals surface area contributed by atoms with Gasteiger partial charge in [0.15, 0.2) is 5.16 Å². The zero-order valence-electron chi connectivity index (χ0n) is 13.7. The summed E-state index contributed by atoms with van der Waals surface area (Å²) in [5.41, 5.74) is 5.23. The first kappa shape index (κ1) is 17.8. The van der Waals surface area contributed by atoms with Crippen molar-refractivity contribution in [2.45, 2.75) is 62.9 Å². The number of aryl methyl sites for hydroxylation is 1. The summed E-state index contributed by atoms with van der Waals surface area (Å²) >= 11 is 1.47. The third kappa shape index (κ3) is 5.23. The second-order valence-electron chi connectivity index (χ2n) is 6.26. The van der Waals surface area contributed by atoms with Crippen LogP contribution in [0.15, 0.2) is 5.16 Å². The number of carbonyl (C=O) groups excluding carboxylic acids is 2. The standard InChI is InChI=1S/C15H25N5O2S/c1-10(2)9-20-13(7-6-12(16)21)18-19-15(20)23-11-5-3-4-8-17-14(11)22/h10-11H,3-9H2,1-2H3,(H2,16,21)(H,17,22). The van der Waals surface area contributed by atoms with Gasteiger partial charge in [-0.25, -0.2) is 0 Å². The lowest BCUT2D eigenvalue weighted by Crippen LogP contribution is -2.31. The lowest BCUT2D eigenvalue weighted by Gasteiger charge is -2.15. The highest BCUT2D eigenvalue weighted by atomic mass is 32.2. The number of nitrogens with one attached hydrogen (secondary N) is 1. The molecule has 1 atom stereocenters. The molecule has 1 aromatic heterocycles. The molecule has 1 unspecified atom stereocenters. The number of nitrogens with zero attached hydrogens (tertiary/aromatic N) is 3. The number of aromatic nitrogens is 3. The quantitative estimate of drug-likeness (QED) is 0.775. The Hall–Kier alpha value is -1.57. The van der Waals surface area contributed by atoms with Gasteiger partial charge in [-0.05, 0) is 18.8 Å². The van der Waals surface area contributed by atoms with Crippen LogP contribution in [0.5, 0.6) is 0 Å². The van der Waals surface area contributed by atoms with Gasteiger partial charge in [-0.15, -0.1) is 10.2 Å². The molecule has 1 saturated heterocycles. The van der Waals surface area contributed by atoms with Crippen molar-refractivity contribution in [2.75, 3.05) is 6.54 Å². The maximum atomic E-state index is 12.1. The van der Waals surface area contributed by atoms with E-state index in [9.17, 15) is 9.59 Å². The van der Waals surface area contributed by atoms with Gasteiger partial charge in [-0.1, -0.05) is 32.0 Å². The molecule has 7 nitrogen and oxygen atoms in total. The number of rotatable bonds is 7. The van der Waals surface area contributed by atoms with Crippen molar-refractivity contribution in [3.8, 4) is 0 Å². The molecule has 128 valence electrons. The fraction of sp³-hybridized carbons (Fsp3) is 0.733. The van der Waals surface area contributed by atoms with E-state index in [0.29, 0.717) is 12.3 Å². The number of hydrogen-bond acceptors (Lipinski definition) is 5. The second kappa shape index (κ2) is 8.33. The van der Waals surface area contributed by atoms with E-state index in [1.807, 2.05) is 4.57 Å². The highest BCUT2D eigenvalue weighted by Gasteiger charge is 2.25. The number of hydrogen-bond donors (Lipinski definition) is 2. The van der Waals surface area contributed by atoms with Crippen LogP contribution in [0.2, 0.25) is 0 Å². The topological polar surface area (TPSA) is 103 Å². The van der Waals surface area contributed by atoms with Crippen LogP contribution in [0.4, 0.5) is 0 Å². The number of primary amides is 1. The summed E-state index contributed by atoms with van der Waals surface area (Å²) in [6.07, 6.45) is 3.63. The second-order valence-corrected chi connectivity index (χ2v) is 7.43. The van der Waals surface area contributed by atoms with Crippen molar-refractivity contribution in [1.29, 1.82) is 0 Å². The Bertz CT molecular complexity index is 558. The predicted octanol–water partition coefficient (Wildman–Crippen LogP) is 1.11. The number of nitrogens with two attached hydrogens (primary N) is 1. The molecule has 1 aliphatic heterocycles. The van der Waals surface area contributed by atoms with Crippen molar-refractivity contribution in [3.63, 3.8) is 0 Å². The first-order chi connectivity index (χ1) is 11.0. The summed E-state index contributed by atoms with van der Waals surface area (Å²) in [5.74, 6) is 0.904. The van der Waals surface area contributed by atoms with Crippen LogP contribution in [-0.4, -0.2) is 38.4 Å². The Morgan fingerprint density at radius 1 is 1.43 bits per heavy atom.